The van der Waals surface area contributed by atoms with Crippen LogP contribution in [0, 0.1) is 0 Å². The van der Waals surface area contributed by atoms with Crippen molar-refractivity contribution in [1.29, 1.82) is 0 Å². The number of nitrogens with one attached hydrogen (secondary N) is 1. The van der Waals surface area contributed by atoms with Gasteiger partial charge in [-0.2, -0.15) is 0 Å². The van der Waals surface area contributed by atoms with Crippen molar-refractivity contribution in [2.24, 2.45) is 7.05 Å². The molecule has 1 N–H and O–H groups in total. The summed E-state index contributed by atoms with van der Waals surface area (Å²) in [6, 6.07) is 6.82. The maximum atomic E-state index is 13.0. The molecule has 9 heteroatoms. The fourth-order valence-electron chi connectivity index (χ4n) is 3.96. The molecule has 1 unspecified atom stereocenters. The molecule has 3 aromatic rings. The van der Waals surface area contributed by atoms with Gasteiger partial charge in [-0.05, 0) is 24.1 Å². The molecule has 1 aliphatic heterocycles. The van der Waals surface area contributed by atoms with Crippen molar-refractivity contribution in [3.8, 4) is 0 Å². The fourth-order valence-corrected chi connectivity index (χ4v) is 5.10. The van der Waals surface area contributed by atoms with Crippen LogP contribution >= 0.6 is 11.3 Å². The Morgan fingerprint density at radius 3 is 2.94 bits per heavy atom. The van der Waals surface area contributed by atoms with E-state index in [1.165, 1.54) is 22.0 Å². The first kappa shape index (κ1) is 21.2. The van der Waals surface area contributed by atoms with Gasteiger partial charge in [-0.1, -0.05) is 6.07 Å². The van der Waals surface area contributed by atoms with Crippen molar-refractivity contribution in [1.82, 2.24) is 19.8 Å². The summed E-state index contributed by atoms with van der Waals surface area (Å²) in [6.07, 6.45) is 4.05. The van der Waals surface area contributed by atoms with Crippen molar-refractivity contribution in [2.75, 3.05) is 33.4 Å². The first-order valence-electron chi connectivity index (χ1n) is 10.1. The lowest BCUT2D eigenvalue weighted by atomic mass is 9.95. The van der Waals surface area contributed by atoms with E-state index in [0.29, 0.717) is 36.7 Å². The molecule has 2 amide bonds. The predicted octanol–water partition coefficient (Wildman–Crippen LogP) is 2.00. The van der Waals surface area contributed by atoms with Gasteiger partial charge in [-0.25, -0.2) is 4.98 Å². The second-order valence-corrected chi connectivity index (χ2v) is 8.55. The number of hydrogen-bond acceptors (Lipinski definition) is 6. The van der Waals surface area contributed by atoms with E-state index in [-0.39, 0.29) is 23.3 Å². The molecule has 0 aliphatic carbocycles. The first-order chi connectivity index (χ1) is 15.0. The number of hydrogen-bond donors (Lipinski definition) is 1. The summed E-state index contributed by atoms with van der Waals surface area (Å²) < 4.78 is 6.43. The van der Waals surface area contributed by atoms with Crippen LogP contribution in [0.25, 0.3) is 10.2 Å². The highest BCUT2D eigenvalue weighted by Gasteiger charge is 2.33. The molecule has 0 spiro atoms. The number of aromatic nitrogens is 2. The van der Waals surface area contributed by atoms with Gasteiger partial charge in [-0.3, -0.25) is 14.4 Å². The fraction of sp³-hybridized carbons (Fsp3) is 0.364. The number of carbonyl (C=O) groups is 2. The molecule has 0 bridgehead atoms. The standard InChI is InChI=1S/C22H24N4O4S/c1-25-12-15(5-6-17(25)27)22(29)26-10-7-14(13-26)18-16-4-3-8-24-21(16)31-19(18)20(28)23-9-11-30-2/h3-6,8,12,14H,7,9-11,13H2,1-2H3,(H,23,28). The second-order valence-electron chi connectivity index (χ2n) is 7.55. The molecule has 8 nitrogen and oxygen atoms in total. The van der Waals surface area contributed by atoms with Crippen LogP contribution in [0.2, 0.25) is 0 Å². The van der Waals surface area contributed by atoms with Gasteiger partial charge >= 0.3 is 0 Å². The van der Waals surface area contributed by atoms with Crippen LogP contribution in [-0.2, 0) is 11.8 Å². The number of ether oxygens (including phenoxy) is 1. The summed E-state index contributed by atoms with van der Waals surface area (Å²) in [4.78, 5) is 45.2. The van der Waals surface area contributed by atoms with Crippen LogP contribution in [-0.4, -0.2) is 59.6 Å². The molecule has 162 valence electrons. The van der Waals surface area contributed by atoms with Crippen molar-refractivity contribution < 1.29 is 14.3 Å². The second kappa shape index (κ2) is 8.99. The smallest absolute Gasteiger partial charge is 0.261 e. The Balaban J connectivity index is 1.60. The molecule has 1 atom stereocenters. The Hall–Kier alpha value is -3.04. The van der Waals surface area contributed by atoms with E-state index in [1.807, 2.05) is 12.1 Å². The van der Waals surface area contributed by atoms with Crippen LogP contribution in [0.1, 0.15) is 37.9 Å². The van der Waals surface area contributed by atoms with Crippen LogP contribution < -0.4 is 10.9 Å². The zero-order valence-corrected chi connectivity index (χ0v) is 18.3. The molecular formula is C22H24N4O4S. The Kier molecular flexibility index (Phi) is 6.15. The zero-order valence-electron chi connectivity index (χ0n) is 17.5. The summed E-state index contributed by atoms with van der Waals surface area (Å²) in [7, 11) is 3.22. The van der Waals surface area contributed by atoms with Gasteiger partial charge in [0, 0.05) is 63.6 Å². The lowest BCUT2D eigenvalue weighted by Gasteiger charge is -2.17. The van der Waals surface area contributed by atoms with Crippen molar-refractivity contribution in [2.45, 2.75) is 12.3 Å². The average Bonchev–Trinajstić information content (AvgIpc) is 3.40. The van der Waals surface area contributed by atoms with E-state index in [1.54, 1.807) is 37.5 Å². The van der Waals surface area contributed by atoms with Crippen molar-refractivity contribution in [3.63, 3.8) is 0 Å². The average molecular weight is 441 g/mol. The Labute approximate surface area is 183 Å². The number of carbonyl (C=O) groups excluding carboxylic acids is 2. The highest BCUT2D eigenvalue weighted by atomic mass is 32.1. The minimum Gasteiger partial charge on any atom is -0.383 e. The Morgan fingerprint density at radius 2 is 2.16 bits per heavy atom. The van der Waals surface area contributed by atoms with E-state index in [9.17, 15) is 14.4 Å². The molecule has 0 aromatic carbocycles. The van der Waals surface area contributed by atoms with Crippen LogP contribution in [0.3, 0.4) is 0 Å². The van der Waals surface area contributed by atoms with Crippen LogP contribution in [0.4, 0.5) is 0 Å². The SMILES string of the molecule is COCCNC(=O)c1sc2ncccc2c1C1CCN(C(=O)c2ccc(=O)n(C)c2)C1. The van der Waals surface area contributed by atoms with Gasteiger partial charge in [0.1, 0.15) is 4.83 Å². The molecule has 0 radical (unpaired) electrons. The van der Waals surface area contributed by atoms with E-state index in [4.69, 9.17) is 4.74 Å². The summed E-state index contributed by atoms with van der Waals surface area (Å²) in [5.41, 5.74) is 1.29. The topological polar surface area (TPSA) is 93.5 Å². The molecule has 4 heterocycles. The number of nitrogens with zero attached hydrogens (tertiary/aromatic N) is 3. The first-order valence-corrected chi connectivity index (χ1v) is 10.9. The van der Waals surface area contributed by atoms with Crippen molar-refractivity contribution >= 4 is 33.4 Å². The number of likely N-dealkylation sites (tertiary alicyclic amines) is 1. The van der Waals surface area contributed by atoms with E-state index < -0.39 is 0 Å². The molecule has 31 heavy (non-hydrogen) atoms. The number of pyridine rings is 2. The van der Waals surface area contributed by atoms with E-state index in [2.05, 4.69) is 10.3 Å². The predicted molar refractivity (Wildman–Crippen MR) is 119 cm³/mol. The van der Waals surface area contributed by atoms with Crippen LogP contribution in [0.15, 0.2) is 41.5 Å². The van der Waals surface area contributed by atoms with Crippen LogP contribution in [0.5, 0.6) is 0 Å². The third-order valence-electron chi connectivity index (χ3n) is 5.52. The number of rotatable bonds is 6. The largest absolute Gasteiger partial charge is 0.383 e. The normalized spacial score (nSPS) is 16.1. The highest BCUT2D eigenvalue weighted by Crippen LogP contribution is 2.39. The van der Waals surface area contributed by atoms with E-state index >= 15 is 0 Å². The number of fused-ring (bicyclic) bond motifs is 1. The summed E-state index contributed by atoms with van der Waals surface area (Å²) in [5.74, 6) is -0.211. The molecule has 3 aromatic heterocycles. The molecule has 1 fully saturated rings. The minimum atomic E-state index is -0.155. The number of thiophene rings is 1. The molecule has 0 saturated carbocycles. The third kappa shape index (κ3) is 4.24. The molecular weight excluding hydrogens is 416 g/mol. The third-order valence-corrected chi connectivity index (χ3v) is 6.65. The zero-order chi connectivity index (χ0) is 22.0. The van der Waals surface area contributed by atoms with Crippen molar-refractivity contribution in [3.05, 3.63) is 63.0 Å². The lowest BCUT2D eigenvalue weighted by molar-refractivity contribution is 0.0790. The van der Waals surface area contributed by atoms with Gasteiger partial charge in [0.2, 0.25) is 5.56 Å². The lowest BCUT2D eigenvalue weighted by Crippen LogP contribution is -2.30. The molecule has 4 rings (SSSR count). The molecule has 1 aliphatic rings. The monoisotopic (exact) mass is 440 g/mol. The summed E-state index contributed by atoms with van der Waals surface area (Å²) in [5, 5.41) is 3.87. The van der Waals surface area contributed by atoms with Gasteiger partial charge in [0.05, 0.1) is 17.0 Å². The van der Waals surface area contributed by atoms with Gasteiger partial charge in [0.15, 0.2) is 0 Å². The summed E-state index contributed by atoms with van der Waals surface area (Å²) >= 11 is 1.38. The maximum Gasteiger partial charge on any atom is 0.261 e. The molecule has 1 saturated heterocycles. The number of methoxy groups -OCH3 is 1. The minimum absolute atomic E-state index is 0.0395. The van der Waals surface area contributed by atoms with Gasteiger partial charge in [0.25, 0.3) is 11.8 Å². The van der Waals surface area contributed by atoms with Gasteiger partial charge < -0.3 is 19.5 Å². The highest BCUT2D eigenvalue weighted by molar-refractivity contribution is 7.20. The number of aryl methyl sites for hydroxylation is 1. The van der Waals surface area contributed by atoms with Gasteiger partial charge in [-0.15, -0.1) is 11.3 Å². The Morgan fingerprint density at radius 1 is 1.32 bits per heavy atom. The maximum absolute atomic E-state index is 13.0. The van der Waals surface area contributed by atoms with E-state index in [0.717, 1.165) is 22.2 Å². The summed E-state index contributed by atoms with van der Waals surface area (Å²) in [6.45, 7) is 1.98. The Bertz CT molecular complexity index is 1190. The quantitative estimate of drug-likeness (QED) is 0.592. The number of amides is 2.